The highest BCUT2D eigenvalue weighted by Crippen LogP contribution is 2.40. The van der Waals surface area contributed by atoms with Gasteiger partial charge in [-0.2, -0.15) is 0 Å². The fourth-order valence-corrected chi connectivity index (χ4v) is 4.36. The van der Waals surface area contributed by atoms with Crippen LogP contribution in [0.15, 0.2) is 35.3 Å². The zero-order valence-corrected chi connectivity index (χ0v) is 16.8. The molecule has 6 nitrogen and oxygen atoms in total. The van der Waals surface area contributed by atoms with Crippen molar-refractivity contribution in [3.8, 4) is 0 Å². The predicted octanol–water partition coefficient (Wildman–Crippen LogP) is 2.08. The molecule has 1 aromatic rings. The molecule has 28 heavy (non-hydrogen) atoms. The molecule has 3 aliphatic rings. The number of hydrogen-bond acceptors (Lipinski definition) is 3. The van der Waals surface area contributed by atoms with E-state index in [1.54, 1.807) is 0 Å². The summed E-state index contributed by atoms with van der Waals surface area (Å²) in [6.45, 7) is 7.48. The van der Waals surface area contributed by atoms with Crippen LogP contribution in [-0.2, 0) is 9.53 Å². The Morgan fingerprint density at radius 1 is 1.11 bits per heavy atom. The van der Waals surface area contributed by atoms with E-state index < -0.39 is 0 Å². The average Bonchev–Trinajstić information content (AvgIpc) is 3.54. The number of rotatable bonds is 4. The lowest BCUT2D eigenvalue weighted by Crippen LogP contribution is -2.50. The maximum Gasteiger partial charge on any atom is 0.225 e. The highest BCUT2D eigenvalue weighted by Gasteiger charge is 2.40. The van der Waals surface area contributed by atoms with Crippen molar-refractivity contribution >= 4 is 11.9 Å². The van der Waals surface area contributed by atoms with Crippen LogP contribution in [0.2, 0.25) is 0 Å². The Bertz CT molecular complexity index is 679. The fourth-order valence-electron chi connectivity index (χ4n) is 4.36. The van der Waals surface area contributed by atoms with E-state index in [0.29, 0.717) is 31.1 Å². The maximum absolute atomic E-state index is 12.7. The fraction of sp³-hybridized carbons (Fsp3) is 0.636. The van der Waals surface area contributed by atoms with Crippen molar-refractivity contribution in [3.63, 3.8) is 0 Å². The molecule has 2 atom stereocenters. The highest BCUT2D eigenvalue weighted by atomic mass is 16.5. The lowest BCUT2D eigenvalue weighted by Gasteiger charge is -2.37. The summed E-state index contributed by atoms with van der Waals surface area (Å²) in [5.74, 6) is 2.07. The molecule has 2 heterocycles. The summed E-state index contributed by atoms with van der Waals surface area (Å²) in [4.78, 5) is 21.8. The number of ether oxygens (including phenoxy) is 1. The van der Waals surface area contributed by atoms with Crippen molar-refractivity contribution in [1.29, 1.82) is 0 Å². The van der Waals surface area contributed by atoms with Gasteiger partial charge in [0.25, 0.3) is 0 Å². The summed E-state index contributed by atoms with van der Waals surface area (Å²) in [5.41, 5.74) is 1.41. The predicted molar refractivity (Wildman–Crippen MR) is 110 cm³/mol. The van der Waals surface area contributed by atoms with E-state index in [0.717, 1.165) is 51.5 Å². The minimum Gasteiger partial charge on any atom is -0.378 e. The standard InChI is InChI=1S/C22H32N4O2/c1-2-23-22(24-20-16-19(20)17-6-4-3-5-7-17)26-10-8-18(9-11-26)21(27)25-12-14-28-15-13-25/h3-7,18-20H,2,8-16H2,1H3,(H,23,24). The van der Waals surface area contributed by atoms with Crippen molar-refractivity contribution in [2.24, 2.45) is 10.9 Å². The van der Waals surface area contributed by atoms with Crippen LogP contribution in [0.4, 0.5) is 0 Å². The van der Waals surface area contributed by atoms with Gasteiger partial charge in [0.2, 0.25) is 5.91 Å². The Morgan fingerprint density at radius 3 is 2.50 bits per heavy atom. The van der Waals surface area contributed by atoms with Crippen LogP contribution in [0.5, 0.6) is 0 Å². The molecule has 2 unspecified atom stereocenters. The molecule has 4 rings (SSSR count). The number of nitrogens with one attached hydrogen (secondary N) is 1. The molecule has 0 spiro atoms. The second-order valence-corrected chi connectivity index (χ2v) is 8.00. The van der Waals surface area contributed by atoms with Crippen LogP contribution in [-0.4, -0.2) is 73.6 Å². The first-order valence-corrected chi connectivity index (χ1v) is 10.7. The maximum atomic E-state index is 12.7. The number of benzene rings is 1. The van der Waals surface area contributed by atoms with E-state index in [-0.39, 0.29) is 5.92 Å². The topological polar surface area (TPSA) is 57.2 Å². The number of hydrogen-bond donors (Lipinski definition) is 1. The highest BCUT2D eigenvalue weighted by molar-refractivity contribution is 5.82. The molecule has 0 aromatic heterocycles. The Labute approximate surface area is 167 Å². The number of likely N-dealkylation sites (tertiary alicyclic amines) is 1. The van der Waals surface area contributed by atoms with Crippen LogP contribution in [0.25, 0.3) is 0 Å². The first kappa shape index (κ1) is 19.2. The molecule has 1 N–H and O–H groups in total. The third-order valence-electron chi connectivity index (χ3n) is 6.11. The summed E-state index contributed by atoms with van der Waals surface area (Å²) in [6.07, 6.45) is 2.99. The first-order valence-electron chi connectivity index (χ1n) is 10.7. The van der Waals surface area contributed by atoms with Gasteiger partial charge in [0.05, 0.1) is 13.2 Å². The molecular weight excluding hydrogens is 352 g/mol. The van der Waals surface area contributed by atoms with E-state index in [4.69, 9.17) is 9.73 Å². The van der Waals surface area contributed by atoms with Crippen molar-refractivity contribution < 1.29 is 9.53 Å². The molecule has 1 saturated carbocycles. The first-order chi connectivity index (χ1) is 13.8. The van der Waals surface area contributed by atoms with Crippen LogP contribution >= 0.6 is 0 Å². The number of carbonyl (C=O) groups is 1. The van der Waals surface area contributed by atoms with Crippen molar-refractivity contribution in [3.05, 3.63) is 35.9 Å². The molecule has 0 bridgehead atoms. The number of aliphatic imine (C=N–C) groups is 1. The Kier molecular flexibility index (Phi) is 6.15. The molecule has 1 aliphatic carbocycles. The summed E-state index contributed by atoms with van der Waals surface area (Å²) in [7, 11) is 0. The van der Waals surface area contributed by atoms with Crippen molar-refractivity contribution in [1.82, 2.24) is 15.1 Å². The molecule has 1 aromatic carbocycles. The summed E-state index contributed by atoms with van der Waals surface area (Å²) in [5, 5.41) is 3.68. The third-order valence-corrected chi connectivity index (χ3v) is 6.11. The van der Waals surface area contributed by atoms with E-state index >= 15 is 0 Å². The number of guanidine groups is 1. The lowest BCUT2D eigenvalue weighted by atomic mass is 9.95. The van der Waals surface area contributed by atoms with Crippen molar-refractivity contribution in [2.75, 3.05) is 45.9 Å². The monoisotopic (exact) mass is 384 g/mol. The molecule has 1 amide bonds. The molecule has 2 aliphatic heterocycles. The molecule has 152 valence electrons. The van der Waals surface area contributed by atoms with Crippen LogP contribution in [0.3, 0.4) is 0 Å². The molecular formula is C22H32N4O2. The number of nitrogens with zero attached hydrogens (tertiary/aromatic N) is 3. The minimum absolute atomic E-state index is 0.148. The van der Waals surface area contributed by atoms with Gasteiger partial charge >= 0.3 is 0 Å². The van der Waals surface area contributed by atoms with E-state index in [1.807, 2.05) is 4.90 Å². The second kappa shape index (κ2) is 8.95. The smallest absolute Gasteiger partial charge is 0.225 e. The van der Waals surface area contributed by atoms with Gasteiger partial charge in [0.1, 0.15) is 0 Å². The average molecular weight is 385 g/mol. The molecule has 2 saturated heterocycles. The SMILES string of the molecule is CCN=C(NC1CC1c1ccccc1)N1CCC(C(=O)N2CCOCC2)CC1. The zero-order chi connectivity index (χ0) is 19.3. The van der Waals surface area contributed by atoms with E-state index in [9.17, 15) is 4.79 Å². The van der Waals surface area contributed by atoms with Gasteiger partial charge < -0.3 is 19.9 Å². The van der Waals surface area contributed by atoms with Gasteiger partial charge in [0, 0.05) is 50.6 Å². The van der Waals surface area contributed by atoms with Gasteiger partial charge in [-0.1, -0.05) is 30.3 Å². The van der Waals surface area contributed by atoms with Crippen LogP contribution in [0, 0.1) is 5.92 Å². The minimum atomic E-state index is 0.148. The van der Waals surface area contributed by atoms with Gasteiger partial charge in [-0.3, -0.25) is 9.79 Å². The number of piperidine rings is 1. The largest absolute Gasteiger partial charge is 0.378 e. The van der Waals surface area contributed by atoms with Gasteiger partial charge in [-0.05, 0) is 31.7 Å². The Balaban J connectivity index is 1.29. The molecule has 6 heteroatoms. The zero-order valence-electron chi connectivity index (χ0n) is 16.8. The normalized spacial score (nSPS) is 26.2. The quantitative estimate of drug-likeness (QED) is 0.638. The second-order valence-electron chi connectivity index (χ2n) is 8.00. The van der Waals surface area contributed by atoms with E-state index in [1.165, 1.54) is 12.0 Å². The van der Waals surface area contributed by atoms with Crippen LogP contribution < -0.4 is 5.32 Å². The number of amides is 1. The molecule has 0 radical (unpaired) electrons. The number of carbonyl (C=O) groups excluding carboxylic acids is 1. The van der Waals surface area contributed by atoms with E-state index in [2.05, 4.69) is 47.5 Å². The van der Waals surface area contributed by atoms with Crippen molar-refractivity contribution in [2.45, 2.75) is 38.1 Å². The van der Waals surface area contributed by atoms with Crippen LogP contribution in [0.1, 0.15) is 37.7 Å². The van der Waals surface area contributed by atoms with Gasteiger partial charge in [0.15, 0.2) is 5.96 Å². The number of morpholine rings is 1. The van der Waals surface area contributed by atoms with Gasteiger partial charge in [-0.25, -0.2) is 0 Å². The Hall–Kier alpha value is -2.08. The molecule has 3 fully saturated rings. The Morgan fingerprint density at radius 2 is 1.82 bits per heavy atom. The summed E-state index contributed by atoms with van der Waals surface area (Å²) in [6, 6.07) is 11.2. The lowest BCUT2D eigenvalue weighted by molar-refractivity contribution is -0.140. The third kappa shape index (κ3) is 4.49. The summed E-state index contributed by atoms with van der Waals surface area (Å²) < 4.78 is 5.37. The van der Waals surface area contributed by atoms with Gasteiger partial charge in [-0.15, -0.1) is 0 Å². The summed E-state index contributed by atoms with van der Waals surface area (Å²) >= 11 is 0.